The van der Waals surface area contributed by atoms with E-state index in [1.807, 2.05) is 46.0 Å². The highest BCUT2D eigenvalue weighted by atomic mass is 16.2. The van der Waals surface area contributed by atoms with E-state index in [0.29, 0.717) is 0 Å². The van der Waals surface area contributed by atoms with Crippen LogP contribution in [0, 0.1) is 20.8 Å². The van der Waals surface area contributed by atoms with Crippen molar-refractivity contribution in [1.29, 1.82) is 0 Å². The number of hydrazone groups is 1. The number of nitrogens with one attached hydrogen (secondary N) is 2. The number of carbonyl (C=O) groups excluding carboxylic acids is 2. The third-order valence-electron chi connectivity index (χ3n) is 4.04. The molecule has 2 amide bonds. The zero-order valence-electron chi connectivity index (χ0n) is 15.0. The maximum Gasteiger partial charge on any atom is 0.240 e. The van der Waals surface area contributed by atoms with Crippen molar-refractivity contribution in [3.8, 4) is 0 Å². The predicted molar refractivity (Wildman–Crippen MR) is 97.5 cm³/mol. The molecule has 2 N–H and O–H groups in total. The van der Waals surface area contributed by atoms with Crippen molar-refractivity contribution in [2.75, 3.05) is 5.32 Å². The van der Waals surface area contributed by atoms with Crippen molar-refractivity contribution in [3.05, 3.63) is 46.8 Å². The number of hydrogen-bond donors (Lipinski definition) is 2. The van der Waals surface area contributed by atoms with E-state index in [9.17, 15) is 9.59 Å². The molecule has 1 heterocycles. The van der Waals surface area contributed by atoms with Gasteiger partial charge in [0.05, 0.1) is 12.4 Å². The highest BCUT2D eigenvalue weighted by Gasteiger charge is 2.07. The Hall–Kier alpha value is -2.96. The number of amides is 2. The molecule has 0 aliphatic rings. The second kappa shape index (κ2) is 8.23. The molecule has 0 atom stereocenters. The summed E-state index contributed by atoms with van der Waals surface area (Å²) in [5.74, 6) is -0.515. The Morgan fingerprint density at radius 2 is 1.88 bits per heavy atom. The Kier molecular flexibility index (Phi) is 6.05. The first kappa shape index (κ1) is 18.4. The summed E-state index contributed by atoms with van der Waals surface area (Å²) in [5.41, 5.74) is 7.20. The lowest BCUT2D eigenvalue weighted by atomic mass is 10.1. The van der Waals surface area contributed by atoms with Crippen LogP contribution in [0.4, 0.5) is 5.69 Å². The largest absolute Gasteiger partial charge is 0.326 e. The van der Waals surface area contributed by atoms with Gasteiger partial charge in [-0.15, -0.1) is 0 Å². The van der Waals surface area contributed by atoms with Gasteiger partial charge in [0.1, 0.15) is 0 Å². The summed E-state index contributed by atoms with van der Waals surface area (Å²) in [4.78, 5) is 23.7. The molecule has 0 aliphatic carbocycles. The van der Waals surface area contributed by atoms with Gasteiger partial charge in [-0.25, -0.2) is 5.43 Å². The molecular weight excluding hydrogens is 318 g/mol. The first-order chi connectivity index (χ1) is 11.9. The Labute approximate surface area is 147 Å². The summed E-state index contributed by atoms with van der Waals surface area (Å²) in [5, 5.41) is 10.8. The van der Waals surface area contributed by atoms with E-state index in [4.69, 9.17) is 0 Å². The van der Waals surface area contributed by atoms with E-state index in [1.165, 1.54) is 11.8 Å². The predicted octanol–water partition coefficient (Wildman–Crippen LogP) is 2.21. The van der Waals surface area contributed by atoms with Crippen molar-refractivity contribution in [2.24, 2.45) is 12.1 Å². The molecule has 0 radical (unpaired) electrons. The van der Waals surface area contributed by atoms with E-state index in [2.05, 4.69) is 20.9 Å². The molecule has 132 valence electrons. The minimum Gasteiger partial charge on any atom is -0.326 e. The van der Waals surface area contributed by atoms with Gasteiger partial charge in [0, 0.05) is 36.8 Å². The van der Waals surface area contributed by atoms with Gasteiger partial charge in [0.25, 0.3) is 0 Å². The van der Waals surface area contributed by atoms with Crippen molar-refractivity contribution in [2.45, 2.75) is 33.6 Å². The summed E-state index contributed by atoms with van der Waals surface area (Å²) >= 11 is 0. The van der Waals surface area contributed by atoms with Crippen LogP contribution in [0.3, 0.4) is 0 Å². The zero-order chi connectivity index (χ0) is 18.4. The lowest BCUT2D eigenvalue weighted by molar-refractivity contribution is -0.124. The first-order valence-electron chi connectivity index (χ1n) is 8.04. The molecule has 7 heteroatoms. The summed E-state index contributed by atoms with van der Waals surface area (Å²) < 4.78 is 1.72. The van der Waals surface area contributed by atoms with Crippen LogP contribution in [0.15, 0.2) is 29.5 Å². The minimum atomic E-state index is -0.312. The molecule has 1 aromatic carbocycles. The number of anilines is 1. The highest BCUT2D eigenvalue weighted by molar-refractivity contribution is 5.93. The third-order valence-corrected chi connectivity index (χ3v) is 4.04. The van der Waals surface area contributed by atoms with Crippen molar-refractivity contribution in [1.82, 2.24) is 15.2 Å². The second-order valence-electron chi connectivity index (χ2n) is 5.95. The SMILES string of the molecule is Cc1ccc(NC(=O)CCC(=O)N/N=C\c2cnn(C)c2C)cc1C. The Morgan fingerprint density at radius 1 is 1.16 bits per heavy atom. The summed E-state index contributed by atoms with van der Waals surface area (Å²) in [6.45, 7) is 5.91. The molecule has 0 saturated heterocycles. The molecule has 0 spiro atoms. The molecule has 0 saturated carbocycles. The summed E-state index contributed by atoms with van der Waals surface area (Å²) in [6, 6.07) is 5.71. The average Bonchev–Trinajstić information content (AvgIpc) is 2.88. The molecule has 0 aliphatic heterocycles. The molecule has 1 aromatic heterocycles. The number of carbonyl (C=O) groups is 2. The number of aryl methyl sites for hydroxylation is 3. The number of nitrogens with zero attached hydrogens (tertiary/aromatic N) is 3. The van der Waals surface area contributed by atoms with Crippen molar-refractivity contribution >= 4 is 23.7 Å². The molecule has 0 fully saturated rings. The standard InChI is InChI=1S/C18H23N5O2/c1-12-5-6-16(9-13(12)2)21-17(24)7-8-18(25)22-19-10-15-11-20-23(4)14(15)3/h5-6,9-11H,7-8H2,1-4H3,(H,21,24)(H,22,25)/b19-10-. The van der Waals surface area contributed by atoms with Gasteiger partial charge in [-0.1, -0.05) is 6.07 Å². The van der Waals surface area contributed by atoms with Crippen LogP contribution in [0.1, 0.15) is 35.2 Å². The van der Waals surface area contributed by atoms with E-state index in [0.717, 1.165) is 22.5 Å². The Balaban J connectivity index is 1.76. The number of hydrogen-bond acceptors (Lipinski definition) is 4. The average molecular weight is 341 g/mol. The maximum atomic E-state index is 11.9. The Bertz CT molecular complexity index is 808. The third kappa shape index (κ3) is 5.27. The van der Waals surface area contributed by atoms with E-state index in [1.54, 1.807) is 10.9 Å². The topological polar surface area (TPSA) is 88.4 Å². The second-order valence-corrected chi connectivity index (χ2v) is 5.95. The molecule has 0 unspecified atom stereocenters. The minimum absolute atomic E-state index is 0.0695. The van der Waals surface area contributed by atoms with Crippen LogP contribution in [-0.2, 0) is 16.6 Å². The van der Waals surface area contributed by atoms with E-state index < -0.39 is 0 Å². The van der Waals surface area contributed by atoms with E-state index in [-0.39, 0.29) is 24.7 Å². The van der Waals surface area contributed by atoms with Gasteiger partial charge in [-0.2, -0.15) is 10.2 Å². The van der Waals surface area contributed by atoms with Gasteiger partial charge in [-0.05, 0) is 44.0 Å². The lowest BCUT2D eigenvalue weighted by Crippen LogP contribution is -2.20. The molecule has 0 bridgehead atoms. The normalized spacial score (nSPS) is 10.9. The van der Waals surface area contributed by atoms with Gasteiger partial charge in [-0.3, -0.25) is 14.3 Å². The fraction of sp³-hybridized carbons (Fsp3) is 0.333. The fourth-order valence-electron chi connectivity index (χ4n) is 2.14. The monoisotopic (exact) mass is 341 g/mol. The quantitative estimate of drug-likeness (QED) is 0.624. The number of rotatable bonds is 6. The van der Waals surface area contributed by atoms with Gasteiger partial charge in [0.15, 0.2) is 0 Å². The summed E-state index contributed by atoms with van der Waals surface area (Å²) in [7, 11) is 1.83. The maximum absolute atomic E-state index is 11.9. The molecule has 2 aromatic rings. The fourth-order valence-corrected chi connectivity index (χ4v) is 2.14. The first-order valence-corrected chi connectivity index (χ1v) is 8.04. The van der Waals surface area contributed by atoms with Crippen LogP contribution < -0.4 is 10.7 Å². The van der Waals surface area contributed by atoms with Crippen LogP contribution in [0.5, 0.6) is 0 Å². The summed E-state index contributed by atoms with van der Waals surface area (Å²) in [6.07, 6.45) is 3.37. The molecule has 7 nitrogen and oxygen atoms in total. The van der Waals surface area contributed by atoms with Gasteiger partial charge < -0.3 is 5.32 Å². The van der Waals surface area contributed by atoms with Gasteiger partial charge in [0.2, 0.25) is 11.8 Å². The van der Waals surface area contributed by atoms with Crippen molar-refractivity contribution < 1.29 is 9.59 Å². The van der Waals surface area contributed by atoms with Crippen LogP contribution in [0.2, 0.25) is 0 Å². The van der Waals surface area contributed by atoms with E-state index >= 15 is 0 Å². The highest BCUT2D eigenvalue weighted by Crippen LogP contribution is 2.14. The molecule has 2 rings (SSSR count). The van der Waals surface area contributed by atoms with Crippen LogP contribution in [-0.4, -0.2) is 27.8 Å². The zero-order valence-corrected chi connectivity index (χ0v) is 15.0. The van der Waals surface area contributed by atoms with Crippen LogP contribution in [0.25, 0.3) is 0 Å². The number of aromatic nitrogens is 2. The molecule has 25 heavy (non-hydrogen) atoms. The lowest BCUT2D eigenvalue weighted by Gasteiger charge is -2.07. The Morgan fingerprint density at radius 3 is 2.52 bits per heavy atom. The van der Waals surface area contributed by atoms with Crippen LogP contribution >= 0.6 is 0 Å². The van der Waals surface area contributed by atoms with Crippen molar-refractivity contribution in [3.63, 3.8) is 0 Å². The van der Waals surface area contributed by atoms with Gasteiger partial charge >= 0.3 is 0 Å². The smallest absolute Gasteiger partial charge is 0.240 e. The molecular formula is C18H23N5O2. The number of benzene rings is 1.